The minimum Gasteiger partial charge on any atom is -0.456 e. The highest BCUT2D eigenvalue weighted by Crippen LogP contribution is 2.42. The Kier molecular flexibility index (Phi) is 5.54. The van der Waals surface area contributed by atoms with Gasteiger partial charge >= 0.3 is 0 Å². The van der Waals surface area contributed by atoms with E-state index in [4.69, 9.17) is 8.83 Å². The molecule has 0 bridgehead atoms. The van der Waals surface area contributed by atoms with Gasteiger partial charge in [-0.3, -0.25) is 4.98 Å². The second kappa shape index (κ2) is 10.1. The van der Waals surface area contributed by atoms with E-state index in [1.54, 1.807) is 6.20 Å². The predicted molar refractivity (Wildman–Crippen MR) is 194 cm³/mol. The Balaban J connectivity index is 1.15. The van der Waals surface area contributed by atoms with Gasteiger partial charge in [0.2, 0.25) is 0 Å². The van der Waals surface area contributed by atoms with Gasteiger partial charge in [-0.25, -0.2) is 0 Å². The molecular formula is C43H26N2O2. The van der Waals surface area contributed by atoms with Crippen molar-refractivity contribution in [1.29, 1.82) is 0 Å². The summed E-state index contributed by atoms with van der Waals surface area (Å²) < 4.78 is 13.0. The average molecular weight is 603 g/mol. The van der Waals surface area contributed by atoms with Crippen molar-refractivity contribution in [3.63, 3.8) is 0 Å². The molecule has 0 N–H and O–H groups in total. The van der Waals surface area contributed by atoms with E-state index < -0.39 is 0 Å². The maximum atomic E-state index is 6.50. The van der Waals surface area contributed by atoms with Crippen molar-refractivity contribution < 1.29 is 8.83 Å². The fourth-order valence-electron chi connectivity index (χ4n) is 6.96. The lowest BCUT2D eigenvalue weighted by Crippen LogP contribution is -2.09. The van der Waals surface area contributed by atoms with Gasteiger partial charge in [-0.1, -0.05) is 66.7 Å². The van der Waals surface area contributed by atoms with Gasteiger partial charge in [0.1, 0.15) is 22.3 Å². The number of fused-ring (bicyclic) bond motifs is 8. The number of anilines is 3. The van der Waals surface area contributed by atoms with Crippen LogP contribution in [-0.4, -0.2) is 4.98 Å². The van der Waals surface area contributed by atoms with Crippen LogP contribution in [0, 0.1) is 0 Å². The number of rotatable bonds is 4. The third-order valence-corrected chi connectivity index (χ3v) is 9.28. The van der Waals surface area contributed by atoms with Crippen molar-refractivity contribution in [3.05, 3.63) is 158 Å². The zero-order valence-electron chi connectivity index (χ0n) is 25.2. The Hall–Kier alpha value is -6.39. The summed E-state index contributed by atoms with van der Waals surface area (Å²) in [5.41, 5.74) is 8.69. The first-order chi connectivity index (χ1) is 23.2. The topological polar surface area (TPSA) is 42.4 Å². The van der Waals surface area contributed by atoms with Crippen LogP contribution < -0.4 is 4.90 Å². The molecule has 0 radical (unpaired) electrons. The van der Waals surface area contributed by atoms with Gasteiger partial charge in [0.25, 0.3) is 0 Å². The molecule has 4 heteroatoms. The molecule has 0 fully saturated rings. The molecule has 10 aromatic rings. The van der Waals surface area contributed by atoms with E-state index in [1.807, 2.05) is 12.3 Å². The van der Waals surface area contributed by atoms with Crippen molar-refractivity contribution in [2.24, 2.45) is 0 Å². The third-order valence-electron chi connectivity index (χ3n) is 9.28. The molecule has 4 nitrogen and oxygen atoms in total. The maximum Gasteiger partial charge on any atom is 0.137 e. The quantitative estimate of drug-likeness (QED) is 0.201. The van der Waals surface area contributed by atoms with E-state index in [-0.39, 0.29) is 0 Å². The second-order valence-corrected chi connectivity index (χ2v) is 12.1. The van der Waals surface area contributed by atoms with Crippen LogP contribution in [0.2, 0.25) is 0 Å². The molecule has 0 saturated carbocycles. The SMILES string of the molecule is c1cncc(-c2ccc(N(c3ccc4c(c3)oc3cc5ccccc5cc34)c3ccc4c(c3)oc3cc5ccccc5cc34)cc2)c1. The number of hydrogen-bond donors (Lipinski definition) is 0. The van der Waals surface area contributed by atoms with Crippen LogP contribution in [0.5, 0.6) is 0 Å². The van der Waals surface area contributed by atoms with Gasteiger partial charge in [-0.05, 0) is 99.4 Å². The molecule has 0 spiro atoms. The van der Waals surface area contributed by atoms with E-state index in [1.165, 1.54) is 21.5 Å². The van der Waals surface area contributed by atoms with Gasteiger partial charge < -0.3 is 13.7 Å². The van der Waals surface area contributed by atoms with Crippen molar-refractivity contribution in [3.8, 4) is 11.1 Å². The zero-order chi connectivity index (χ0) is 30.9. The molecule has 3 heterocycles. The molecule has 47 heavy (non-hydrogen) atoms. The number of hydrogen-bond acceptors (Lipinski definition) is 4. The molecule has 220 valence electrons. The molecule has 0 amide bonds. The Morgan fingerprint density at radius 2 is 0.872 bits per heavy atom. The van der Waals surface area contributed by atoms with Gasteiger partial charge in [0.15, 0.2) is 0 Å². The zero-order valence-corrected chi connectivity index (χ0v) is 25.2. The molecule has 0 unspecified atom stereocenters. The molecule has 0 saturated heterocycles. The lowest BCUT2D eigenvalue weighted by Gasteiger charge is -2.25. The Morgan fingerprint density at radius 1 is 0.383 bits per heavy atom. The van der Waals surface area contributed by atoms with E-state index in [0.717, 1.165) is 72.1 Å². The normalized spacial score (nSPS) is 11.8. The number of nitrogens with zero attached hydrogens (tertiary/aromatic N) is 2. The van der Waals surface area contributed by atoms with E-state index >= 15 is 0 Å². The standard InChI is InChI=1S/C43H26N2O2/c1-3-8-30-22-40-38(20-28(30)6-1)36-17-15-34(24-42(36)46-40)45(33-13-11-27(12-14-33)32-10-5-19-44-26-32)35-16-18-37-39-21-29-7-2-4-9-31(29)23-41(39)47-43(37)25-35/h1-26H. The highest BCUT2D eigenvalue weighted by molar-refractivity contribution is 6.12. The summed E-state index contributed by atoms with van der Waals surface area (Å²) in [4.78, 5) is 6.57. The van der Waals surface area contributed by atoms with E-state index in [2.05, 4.69) is 149 Å². The minimum absolute atomic E-state index is 0.848. The minimum atomic E-state index is 0.848. The molecule has 0 atom stereocenters. The Bertz CT molecular complexity index is 2640. The van der Waals surface area contributed by atoms with Crippen LogP contribution in [0.1, 0.15) is 0 Å². The third kappa shape index (κ3) is 4.19. The van der Waals surface area contributed by atoms with Gasteiger partial charge in [-0.15, -0.1) is 0 Å². The fraction of sp³-hybridized carbons (Fsp3) is 0. The summed E-state index contributed by atoms with van der Waals surface area (Å²) in [7, 11) is 0. The van der Waals surface area contributed by atoms with Gasteiger partial charge in [0.05, 0.1) is 0 Å². The first-order valence-corrected chi connectivity index (χ1v) is 15.8. The van der Waals surface area contributed by atoms with Gasteiger partial charge in [0, 0.05) is 63.1 Å². The first kappa shape index (κ1) is 25.9. The average Bonchev–Trinajstić information content (AvgIpc) is 3.66. The lowest BCUT2D eigenvalue weighted by molar-refractivity contribution is 0.669. The molecule has 7 aromatic carbocycles. The number of benzene rings is 7. The van der Waals surface area contributed by atoms with Crippen molar-refractivity contribution in [1.82, 2.24) is 4.98 Å². The predicted octanol–water partition coefficient (Wildman–Crippen LogP) is 12.3. The number of pyridine rings is 1. The van der Waals surface area contributed by atoms with Crippen LogP contribution >= 0.6 is 0 Å². The Labute approximate surface area is 269 Å². The summed E-state index contributed by atoms with van der Waals surface area (Å²) in [5, 5.41) is 9.18. The van der Waals surface area contributed by atoms with Crippen molar-refractivity contribution in [2.75, 3.05) is 4.90 Å². The fourth-order valence-corrected chi connectivity index (χ4v) is 6.96. The summed E-state index contributed by atoms with van der Waals surface area (Å²) in [6, 6.07) is 51.2. The largest absolute Gasteiger partial charge is 0.456 e. The van der Waals surface area contributed by atoms with Crippen LogP contribution in [0.15, 0.2) is 167 Å². The summed E-state index contributed by atoms with van der Waals surface area (Å²) >= 11 is 0. The smallest absolute Gasteiger partial charge is 0.137 e. The lowest BCUT2D eigenvalue weighted by atomic mass is 10.0. The molecule has 0 aliphatic rings. The highest BCUT2D eigenvalue weighted by atomic mass is 16.3. The number of furan rings is 2. The first-order valence-electron chi connectivity index (χ1n) is 15.8. The highest BCUT2D eigenvalue weighted by Gasteiger charge is 2.18. The monoisotopic (exact) mass is 602 g/mol. The molecule has 0 aliphatic heterocycles. The van der Waals surface area contributed by atoms with Crippen molar-refractivity contribution >= 4 is 82.5 Å². The molecule has 0 aliphatic carbocycles. The van der Waals surface area contributed by atoms with Crippen LogP contribution in [0.3, 0.4) is 0 Å². The van der Waals surface area contributed by atoms with Crippen molar-refractivity contribution in [2.45, 2.75) is 0 Å². The molecule has 10 rings (SSSR count). The van der Waals surface area contributed by atoms with E-state index in [9.17, 15) is 0 Å². The van der Waals surface area contributed by atoms with E-state index in [0.29, 0.717) is 0 Å². The van der Waals surface area contributed by atoms with Crippen LogP contribution in [-0.2, 0) is 0 Å². The van der Waals surface area contributed by atoms with Gasteiger partial charge in [-0.2, -0.15) is 0 Å². The van der Waals surface area contributed by atoms with Crippen LogP contribution in [0.25, 0.3) is 76.5 Å². The summed E-state index contributed by atoms with van der Waals surface area (Å²) in [6.07, 6.45) is 3.69. The number of aromatic nitrogens is 1. The molecule has 3 aromatic heterocycles. The maximum absolute atomic E-state index is 6.50. The Morgan fingerprint density at radius 3 is 1.38 bits per heavy atom. The van der Waals surface area contributed by atoms with Crippen LogP contribution in [0.4, 0.5) is 17.1 Å². The summed E-state index contributed by atoms with van der Waals surface area (Å²) in [6.45, 7) is 0. The summed E-state index contributed by atoms with van der Waals surface area (Å²) in [5.74, 6) is 0. The second-order valence-electron chi connectivity index (χ2n) is 12.1. The molecular weight excluding hydrogens is 576 g/mol.